The Labute approximate surface area is 174 Å². The van der Waals surface area contributed by atoms with Crippen molar-refractivity contribution in [2.75, 3.05) is 14.2 Å². The van der Waals surface area contributed by atoms with Crippen LogP contribution in [0, 0.1) is 5.92 Å². The summed E-state index contributed by atoms with van der Waals surface area (Å²) in [5.74, 6) is -0.646. The number of benzene rings is 1. The standard InChI is InChI=1S/C23H23NO4S/c1-13-20(23(26)28-3)21(14-6-4-7-16(10-14)27-2)22-17(24-13)11-15(12-18(22)25)19-8-5-9-29-19/h4-10,15,20-21,24H,1,11-12H2,2-3H3. The maximum Gasteiger partial charge on any atom is 0.315 e. The second-order valence-electron chi connectivity index (χ2n) is 7.34. The van der Waals surface area contributed by atoms with E-state index in [1.54, 1.807) is 18.4 Å². The number of methoxy groups -OCH3 is 2. The van der Waals surface area contributed by atoms with E-state index in [2.05, 4.69) is 18.0 Å². The lowest BCUT2D eigenvalue weighted by Crippen LogP contribution is -2.41. The number of rotatable bonds is 4. The molecule has 1 aliphatic heterocycles. The maximum atomic E-state index is 13.3. The van der Waals surface area contributed by atoms with Gasteiger partial charge in [0.15, 0.2) is 5.78 Å². The summed E-state index contributed by atoms with van der Waals surface area (Å²) in [6, 6.07) is 11.6. The average Bonchev–Trinajstić information content (AvgIpc) is 3.27. The Morgan fingerprint density at radius 2 is 2.03 bits per heavy atom. The molecule has 29 heavy (non-hydrogen) atoms. The molecule has 4 rings (SSSR count). The highest BCUT2D eigenvalue weighted by Gasteiger charge is 2.45. The van der Waals surface area contributed by atoms with Crippen LogP contribution in [-0.4, -0.2) is 26.0 Å². The van der Waals surface area contributed by atoms with Gasteiger partial charge in [0.2, 0.25) is 0 Å². The Morgan fingerprint density at radius 1 is 1.21 bits per heavy atom. The van der Waals surface area contributed by atoms with Crippen molar-refractivity contribution in [3.63, 3.8) is 0 Å². The van der Waals surface area contributed by atoms with Gasteiger partial charge in [-0.15, -0.1) is 11.3 Å². The smallest absolute Gasteiger partial charge is 0.315 e. The quantitative estimate of drug-likeness (QED) is 0.769. The van der Waals surface area contributed by atoms with Crippen LogP contribution in [0.4, 0.5) is 0 Å². The summed E-state index contributed by atoms with van der Waals surface area (Å²) in [5.41, 5.74) is 2.92. The number of allylic oxidation sites excluding steroid dienone is 2. The van der Waals surface area contributed by atoms with Crippen LogP contribution >= 0.6 is 11.3 Å². The molecule has 0 amide bonds. The molecule has 1 aromatic carbocycles. The summed E-state index contributed by atoms with van der Waals surface area (Å²) in [6.45, 7) is 4.10. The zero-order chi connectivity index (χ0) is 20.5. The predicted octanol–water partition coefficient (Wildman–Crippen LogP) is 4.15. The first-order valence-electron chi connectivity index (χ1n) is 9.50. The SMILES string of the molecule is C=C1NC2=C(C(=O)CC(c3cccs3)C2)C(c2cccc(OC)c2)C1C(=O)OC. The van der Waals surface area contributed by atoms with Gasteiger partial charge in [-0.1, -0.05) is 24.8 Å². The minimum Gasteiger partial charge on any atom is -0.497 e. The largest absolute Gasteiger partial charge is 0.497 e. The zero-order valence-corrected chi connectivity index (χ0v) is 17.3. The van der Waals surface area contributed by atoms with Crippen molar-refractivity contribution in [3.8, 4) is 5.75 Å². The maximum absolute atomic E-state index is 13.3. The lowest BCUT2D eigenvalue weighted by molar-refractivity contribution is -0.144. The van der Waals surface area contributed by atoms with Crippen molar-refractivity contribution in [2.45, 2.75) is 24.7 Å². The van der Waals surface area contributed by atoms with Gasteiger partial charge in [0, 0.05) is 40.1 Å². The molecule has 3 atom stereocenters. The van der Waals surface area contributed by atoms with E-state index in [9.17, 15) is 9.59 Å². The number of nitrogens with one attached hydrogen (secondary N) is 1. The van der Waals surface area contributed by atoms with Crippen LogP contribution in [-0.2, 0) is 14.3 Å². The summed E-state index contributed by atoms with van der Waals surface area (Å²) in [6.07, 6.45) is 1.15. The minimum absolute atomic E-state index is 0.0615. The van der Waals surface area contributed by atoms with Crippen LogP contribution in [0.2, 0.25) is 0 Å². The Bertz CT molecular complexity index is 992. The van der Waals surface area contributed by atoms with Crippen molar-refractivity contribution in [2.24, 2.45) is 5.92 Å². The molecule has 2 aromatic rings. The topological polar surface area (TPSA) is 64.6 Å². The first-order valence-corrected chi connectivity index (χ1v) is 10.4. The van der Waals surface area contributed by atoms with E-state index in [1.165, 1.54) is 12.0 Å². The summed E-state index contributed by atoms with van der Waals surface area (Å²) in [7, 11) is 2.96. The monoisotopic (exact) mass is 409 g/mol. The molecule has 0 saturated heterocycles. The van der Waals surface area contributed by atoms with E-state index in [4.69, 9.17) is 9.47 Å². The number of esters is 1. The molecule has 0 spiro atoms. The van der Waals surface area contributed by atoms with Gasteiger partial charge in [-0.2, -0.15) is 0 Å². The summed E-state index contributed by atoms with van der Waals surface area (Å²) in [4.78, 5) is 27.2. The van der Waals surface area contributed by atoms with Crippen LogP contribution in [0.5, 0.6) is 5.75 Å². The van der Waals surface area contributed by atoms with Gasteiger partial charge in [0.05, 0.1) is 14.2 Å². The van der Waals surface area contributed by atoms with Gasteiger partial charge >= 0.3 is 5.97 Å². The fourth-order valence-electron chi connectivity index (χ4n) is 4.37. The molecule has 5 nitrogen and oxygen atoms in total. The molecule has 150 valence electrons. The van der Waals surface area contributed by atoms with Crippen LogP contribution in [0.3, 0.4) is 0 Å². The number of Topliss-reactive ketones (excluding diaryl/α,β-unsaturated/α-hetero) is 1. The van der Waals surface area contributed by atoms with E-state index in [0.29, 0.717) is 23.4 Å². The Kier molecular flexibility index (Phi) is 5.28. The number of thiophene rings is 1. The molecule has 0 fully saturated rings. The molecule has 3 unspecified atom stereocenters. The van der Waals surface area contributed by atoms with E-state index in [-0.39, 0.29) is 11.7 Å². The zero-order valence-electron chi connectivity index (χ0n) is 16.4. The molecule has 0 radical (unpaired) electrons. The average molecular weight is 410 g/mol. The van der Waals surface area contributed by atoms with Crippen LogP contribution in [0.1, 0.15) is 35.1 Å². The molecule has 2 aliphatic rings. The summed E-state index contributed by atoms with van der Waals surface area (Å²) >= 11 is 1.67. The molecular weight excluding hydrogens is 386 g/mol. The number of hydrogen-bond donors (Lipinski definition) is 1. The van der Waals surface area contributed by atoms with Crippen molar-refractivity contribution >= 4 is 23.1 Å². The van der Waals surface area contributed by atoms with Crippen molar-refractivity contribution in [3.05, 3.63) is 75.8 Å². The fraction of sp³-hybridized carbons (Fsp3) is 0.304. The third kappa shape index (κ3) is 3.49. The van der Waals surface area contributed by atoms with Crippen molar-refractivity contribution < 1.29 is 19.1 Å². The number of ether oxygens (including phenoxy) is 2. The minimum atomic E-state index is -0.673. The van der Waals surface area contributed by atoms with Crippen molar-refractivity contribution in [1.82, 2.24) is 5.32 Å². The Morgan fingerprint density at radius 3 is 2.72 bits per heavy atom. The van der Waals surface area contributed by atoms with E-state index in [1.807, 2.05) is 35.7 Å². The highest BCUT2D eigenvalue weighted by atomic mass is 32.1. The lowest BCUT2D eigenvalue weighted by atomic mass is 9.69. The van der Waals surface area contributed by atoms with E-state index in [0.717, 1.165) is 17.7 Å². The van der Waals surface area contributed by atoms with E-state index >= 15 is 0 Å². The molecule has 1 N–H and O–H groups in total. The van der Waals surface area contributed by atoms with Gasteiger partial charge in [0.25, 0.3) is 0 Å². The molecule has 1 aromatic heterocycles. The molecule has 6 heteroatoms. The molecular formula is C23H23NO4S. The molecule has 1 aliphatic carbocycles. The highest BCUT2D eigenvalue weighted by Crippen LogP contribution is 2.47. The lowest BCUT2D eigenvalue weighted by Gasteiger charge is -2.39. The first kappa shape index (κ1) is 19.5. The number of ketones is 1. The van der Waals surface area contributed by atoms with Gasteiger partial charge < -0.3 is 14.8 Å². The normalized spacial score (nSPS) is 24.0. The van der Waals surface area contributed by atoms with Crippen LogP contribution in [0.15, 0.2) is 65.3 Å². The van der Waals surface area contributed by atoms with Gasteiger partial charge in [-0.05, 0) is 35.6 Å². The summed E-state index contributed by atoms with van der Waals surface area (Å²) in [5, 5.41) is 5.30. The van der Waals surface area contributed by atoms with Crippen LogP contribution in [0.25, 0.3) is 0 Å². The van der Waals surface area contributed by atoms with Crippen LogP contribution < -0.4 is 10.1 Å². The van der Waals surface area contributed by atoms with E-state index < -0.39 is 17.8 Å². The fourth-order valence-corrected chi connectivity index (χ4v) is 5.20. The van der Waals surface area contributed by atoms with Gasteiger partial charge in [0.1, 0.15) is 11.7 Å². The Hall–Kier alpha value is -2.86. The molecule has 0 saturated carbocycles. The predicted molar refractivity (Wildman–Crippen MR) is 112 cm³/mol. The third-order valence-electron chi connectivity index (χ3n) is 5.69. The Balaban J connectivity index is 1.83. The molecule has 0 bridgehead atoms. The highest BCUT2D eigenvalue weighted by molar-refractivity contribution is 7.10. The number of carbonyl (C=O) groups is 2. The number of carbonyl (C=O) groups excluding carboxylic acids is 2. The second kappa shape index (κ2) is 7.87. The van der Waals surface area contributed by atoms with Gasteiger partial charge in [-0.25, -0.2) is 0 Å². The third-order valence-corrected chi connectivity index (χ3v) is 6.73. The summed E-state index contributed by atoms with van der Waals surface area (Å²) < 4.78 is 10.4. The molecule has 2 heterocycles. The second-order valence-corrected chi connectivity index (χ2v) is 8.32. The first-order chi connectivity index (χ1) is 14.0. The number of hydrogen-bond acceptors (Lipinski definition) is 6. The van der Waals surface area contributed by atoms with Gasteiger partial charge in [-0.3, -0.25) is 9.59 Å². The van der Waals surface area contributed by atoms with Crippen molar-refractivity contribution in [1.29, 1.82) is 0 Å².